The molecule has 2 aliphatic rings. The van der Waals surface area contributed by atoms with Gasteiger partial charge in [-0.2, -0.15) is 0 Å². The zero-order chi connectivity index (χ0) is 20.2. The summed E-state index contributed by atoms with van der Waals surface area (Å²) in [5.41, 5.74) is 3.65. The Morgan fingerprint density at radius 2 is 1.90 bits per heavy atom. The molecule has 1 amide bonds. The zero-order valence-electron chi connectivity index (χ0n) is 17.3. The topological polar surface area (TPSA) is 50.8 Å². The second-order valence-electron chi connectivity index (χ2n) is 7.92. The van der Waals surface area contributed by atoms with E-state index in [9.17, 15) is 4.79 Å². The second-order valence-corrected chi connectivity index (χ2v) is 7.92. The standard InChI is InChI=1S/C24H30N2O3/c1-3-18-6-8-19(9-7-18)17(2)25-24(27)16-26-12-4-5-21(26)20-10-11-22-23(15-20)29-14-13-28-22/h6-11,15,17,21H,3-5,12-14,16H2,1-2H3,(H,25,27)/t17-,21-/m1/s1. The van der Waals surface area contributed by atoms with Crippen LogP contribution in [-0.2, 0) is 11.2 Å². The van der Waals surface area contributed by atoms with Crippen molar-refractivity contribution in [1.82, 2.24) is 10.2 Å². The van der Waals surface area contributed by atoms with Gasteiger partial charge in [0.05, 0.1) is 12.6 Å². The first kappa shape index (κ1) is 19.8. The van der Waals surface area contributed by atoms with E-state index in [1.165, 1.54) is 11.1 Å². The highest BCUT2D eigenvalue weighted by Gasteiger charge is 2.29. The summed E-state index contributed by atoms with van der Waals surface area (Å²) in [7, 11) is 0. The number of fused-ring (bicyclic) bond motifs is 1. The second kappa shape index (κ2) is 8.87. The van der Waals surface area contributed by atoms with Gasteiger partial charge in [-0.15, -0.1) is 0 Å². The van der Waals surface area contributed by atoms with Gasteiger partial charge in [0, 0.05) is 6.04 Å². The molecule has 2 aromatic rings. The van der Waals surface area contributed by atoms with Crippen molar-refractivity contribution in [2.75, 3.05) is 26.3 Å². The highest BCUT2D eigenvalue weighted by atomic mass is 16.6. The molecule has 0 radical (unpaired) electrons. The third-order valence-corrected chi connectivity index (χ3v) is 5.93. The average Bonchev–Trinajstić information content (AvgIpc) is 3.21. The van der Waals surface area contributed by atoms with Gasteiger partial charge in [-0.3, -0.25) is 9.69 Å². The summed E-state index contributed by atoms with van der Waals surface area (Å²) in [6, 6.07) is 14.9. The van der Waals surface area contributed by atoms with Crippen molar-refractivity contribution < 1.29 is 14.3 Å². The molecule has 0 spiro atoms. The van der Waals surface area contributed by atoms with E-state index in [2.05, 4.69) is 53.5 Å². The largest absolute Gasteiger partial charge is 0.486 e. The van der Waals surface area contributed by atoms with E-state index >= 15 is 0 Å². The fraction of sp³-hybridized carbons (Fsp3) is 0.458. The summed E-state index contributed by atoms with van der Waals surface area (Å²) >= 11 is 0. The van der Waals surface area contributed by atoms with Crippen molar-refractivity contribution in [1.29, 1.82) is 0 Å². The van der Waals surface area contributed by atoms with Crippen LogP contribution in [0.15, 0.2) is 42.5 Å². The molecule has 154 valence electrons. The molecular formula is C24H30N2O3. The number of benzene rings is 2. The lowest BCUT2D eigenvalue weighted by molar-refractivity contribution is -0.123. The van der Waals surface area contributed by atoms with Gasteiger partial charge in [-0.1, -0.05) is 37.3 Å². The van der Waals surface area contributed by atoms with Crippen LogP contribution in [0.1, 0.15) is 55.5 Å². The molecule has 0 aromatic heterocycles. The Kier molecular flexibility index (Phi) is 6.05. The molecule has 2 atom stereocenters. The number of amides is 1. The van der Waals surface area contributed by atoms with Crippen LogP contribution in [0, 0.1) is 0 Å². The number of rotatable bonds is 6. The van der Waals surface area contributed by atoms with Crippen LogP contribution >= 0.6 is 0 Å². The summed E-state index contributed by atoms with van der Waals surface area (Å²) in [5, 5.41) is 3.16. The molecule has 0 aliphatic carbocycles. The van der Waals surface area contributed by atoms with Crippen LogP contribution in [0.2, 0.25) is 0 Å². The number of hydrogen-bond acceptors (Lipinski definition) is 4. The summed E-state index contributed by atoms with van der Waals surface area (Å²) in [5.74, 6) is 1.70. The van der Waals surface area contributed by atoms with Crippen LogP contribution in [0.25, 0.3) is 0 Å². The zero-order valence-corrected chi connectivity index (χ0v) is 17.3. The molecule has 1 N–H and O–H groups in total. The van der Waals surface area contributed by atoms with Crippen molar-refractivity contribution in [3.63, 3.8) is 0 Å². The predicted octanol–water partition coefficient (Wildman–Crippen LogP) is 4.03. The van der Waals surface area contributed by atoms with E-state index in [-0.39, 0.29) is 18.0 Å². The normalized spacial score (nSPS) is 19.7. The first-order valence-electron chi connectivity index (χ1n) is 10.7. The maximum atomic E-state index is 12.7. The molecule has 0 unspecified atom stereocenters. The summed E-state index contributed by atoms with van der Waals surface area (Å²) in [6.45, 7) is 6.73. The Morgan fingerprint density at radius 3 is 2.66 bits per heavy atom. The fourth-order valence-corrected chi connectivity index (χ4v) is 4.26. The molecule has 0 saturated carbocycles. The number of likely N-dealkylation sites (tertiary alicyclic amines) is 1. The predicted molar refractivity (Wildman–Crippen MR) is 113 cm³/mol. The lowest BCUT2D eigenvalue weighted by Gasteiger charge is -2.26. The molecule has 2 aromatic carbocycles. The summed E-state index contributed by atoms with van der Waals surface area (Å²) in [4.78, 5) is 15.0. The number of aryl methyl sites for hydroxylation is 1. The quantitative estimate of drug-likeness (QED) is 0.804. The molecule has 0 bridgehead atoms. The van der Waals surface area contributed by atoms with Crippen molar-refractivity contribution in [3.05, 3.63) is 59.2 Å². The Labute approximate surface area is 173 Å². The molecular weight excluding hydrogens is 364 g/mol. The molecule has 5 nitrogen and oxygen atoms in total. The van der Waals surface area contributed by atoms with Crippen molar-refractivity contribution in [2.45, 2.75) is 45.2 Å². The van der Waals surface area contributed by atoms with Gasteiger partial charge >= 0.3 is 0 Å². The third-order valence-electron chi connectivity index (χ3n) is 5.93. The molecule has 1 fully saturated rings. The third kappa shape index (κ3) is 4.56. The molecule has 2 heterocycles. The van der Waals surface area contributed by atoms with E-state index < -0.39 is 0 Å². The number of ether oxygens (including phenoxy) is 2. The van der Waals surface area contributed by atoms with Crippen molar-refractivity contribution in [2.24, 2.45) is 0 Å². The fourth-order valence-electron chi connectivity index (χ4n) is 4.26. The average molecular weight is 395 g/mol. The van der Waals surface area contributed by atoms with E-state index in [0.717, 1.165) is 42.9 Å². The van der Waals surface area contributed by atoms with Crippen LogP contribution in [0.4, 0.5) is 0 Å². The van der Waals surface area contributed by atoms with Crippen LogP contribution in [0.3, 0.4) is 0 Å². The van der Waals surface area contributed by atoms with Gasteiger partial charge in [0.25, 0.3) is 0 Å². The molecule has 5 heteroatoms. The monoisotopic (exact) mass is 394 g/mol. The lowest BCUT2D eigenvalue weighted by Crippen LogP contribution is -2.38. The maximum absolute atomic E-state index is 12.7. The van der Waals surface area contributed by atoms with Crippen LogP contribution < -0.4 is 14.8 Å². The van der Waals surface area contributed by atoms with Crippen LogP contribution in [-0.4, -0.2) is 37.1 Å². The highest BCUT2D eigenvalue weighted by Crippen LogP contribution is 2.37. The van der Waals surface area contributed by atoms with Gasteiger partial charge in [0.1, 0.15) is 13.2 Å². The number of carbonyl (C=O) groups excluding carboxylic acids is 1. The Bertz CT molecular complexity index is 850. The number of nitrogens with zero attached hydrogens (tertiary/aromatic N) is 1. The molecule has 2 aliphatic heterocycles. The lowest BCUT2D eigenvalue weighted by atomic mass is 10.0. The van der Waals surface area contributed by atoms with Crippen LogP contribution in [0.5, 0.6) is 11.5 Å². The van der Waals surface area contributed by atoms with Gasteiger partial charge in [-0.05, 0) is 61.6 Å². The maximum Gasteiger partial charge on any atom is 0.234 e. The van der Waals surface area contributed by atoms with E-state index in [0.29, 0.717) is 19.8 Å². The van der Waals surface area contributed by atoms with E-state index in [1.807, 2.05) is 13.0 Å². The molecule has 4 rings (SSSR count). The Hall–Kier alpha value is -2.53. The SMILES string of the molecule is CCc1ccc([C@@H](C)NC(=O)CN2CCC[C@@H]2c2ccc3c(c2)OCCO3)cc1. The summed E-state index contributed by atoms with van der Waals surface area (Å²) < 4.78 is 11.4. The van der Waals surface area contributed by atoms with E-state index in [4.69, 9.17) is 9.47 Å². The van der Waals surface area contributed by atoms with Gasteiger partial charge in [0.2, 0.25) is 5.91 Å². The smallest absolute Gasteiger partial charge is 0.234 e. The van der Waals surface area contributed by atoms with Gasteiger partial charge in [-0.25, -0.2) is 0 Å². The minimum Gasteiger partial charge on any atom is -0.486 e. The molecule has 29 heavy (non-hydrogen) atoms. The minimum atomic E-state index is 0.00347. The highest BCUT2D eigenvalue weighted by molar-refractivity contribution is 5.78. The molecule has 1 saturated heterocycles. The van der Waals surface area contributed by atoms with Gasteiger partial charge < -0.3 is 14.8 Å². The number of nitrogens with one attached hydrogen (secondary N) is 1. The van der Waals surface area contributed by atoms with Crippen molar-refractivity contribution in [3.8, 4) is 11.5 Å². The first-order chi connectivity index (χ1) is 14.1. The van der Waals surface area contributed by atoms with Crippen molar-refractivity contribution >= 4 is 5.91 Å². The first-order valence-corrected chi connectivity index (χ1v) is 10.7. The number of carbonyl (C=O) groups is 1. The minimum absolute atomic E-state index is 0.00347. The number of hydrogen-bond donors (Lipinski definition) is 1. The Morgan fingerprint density at radius 1 is 1.14 bits per heavy atom. The van der Waals surface area contributed by atoms with E-state index in [1.54, 1.807) is 0 Å². The summed E-state index contributed by atoms with van der Waals surface area (Å²) in [6.07, 6.45) is 3.18. The Balaban J connectivity index is 1.38. The van der Waals surface area contributed by atoms with Gasteiger partial charge in [0.15, 0.2) is 11.5 Å².